The van der Waals surface area contributed by atoms with Crippen molar-refractivity contribution in [1.29, 1.82) is 0 Å². The Bertz CT molecular complexity index is 450. The molecular formula is C13H20FN3O2. The van der Waals surface area contributed by atoms with Crippen LogP contribution in [0.2, 0.25) is 0 Å². The maximum Gasteiger partial charge on any atom is 0.173 e. The number of amidine groups is 1. The highest BCUT2D eigenvalue weighted by Gasteiger charge is 2.15. The Balaban J connectivity index is 3.01. The summed E-state index contributed by atoms with van der Waals surface area (Å²) in [6, 6.07) is 4.94. The SMILES string of the molecule is CC(C)N(CCO)Cc1cccc(/C(N)=N/O)c1F. The van der Waals surface area contributed by atoms with Crippen LogP contribution in [0.4, 0.5) is 4.39 Å². The number of nitrogens with two attached hydrogens (primary N) is 1. The molecule has 0 saturated heterocycles. The lowest BCUT2D eigenvalue weighted by atomic mass is 10.1. The highest BCUT2D eigenvalue weighted by atomic mass is 19.1. The van der Waals surface area contributed by atoms with Crippen LogP contribution in [0.3, 0.4) is 0 Å². The molecule has 0 spiro atoms. The summed E-state index contributed by atoms with van der Waals surface area (Å²) >= 11 is 0. The van der Waals surface area contributed by atoms with Gasteiger partial charge in [-0.1, -0.05) is 17.3 Å². The van der Waals surface area contributed by atoms with Crippen LogP contribution in [0, 0.1) is 5.82 Å². The first-order valence-corrected chi connectivity index (χ1v) is 6.11. The lowest BCUT2D eigenvalue weighted by Crippen LogP contribution is -2.33. The molecule has 6 heteroatoms. The minimum Gasteiger partial charge on any atom is -0.409 e. The van der Waals surface area contributed by atoms with Crippen LogP contribution in [0.5, 0.6) is 0 Å². The number of rotatable bonds is 6. The van der Waals surface area contributed by atoms with Gasteiger partial charge in [-0.15, -0.1) is 0 Å². The first-order chi connectivity index (χ1) is 9.01. The molecule has 4 N–H and O–H groups in total. The summed E-state index contributed by atoms with van der Waals surface area (Å²) in [4.78, 5) is 1.94. The Morgan fingerprint density at radius 3 is 2.68 bits per heavy atom. The molecule has 19 heavy (non-hydrogen) atoms. The molecule has 0 heterocycles. The van der Waals surface area contributed by atoms with Crippen LogP contribution in [0.1, 0.15) is 25.0 Å². The standard InChI is InChI=1S/C13H20FN3O2/c1-9(2)17(6-7-18)8-10-4-3-5-11(12(10)14)13(15)16-19/h3-5,9,18-19H,6-8H2,1-2H3,(H2,15,16). The molecule has 0 saturated carbocycles. The molecule has 0 atom stereocenters. The Morgan fingerprint density at radius 2 is 2.16 bits per heavy atom. The number of aliphatic hydroxyl groups excluding tert-OH is 1. The predicted octanol–water partition coefficient (Wildman–Crippen LogP) is 1.12. The van der Waals surface area contributed by atoms with Crippen molar-refractivity contribution in [2.45, 2.75) is 26.4 Å². The number of aliphatic hydroxyl groups is 1. The van der Waals surface area contributed by atoms with Gasteiger partial charge in [-0.05, 0) is 19.9 Å². The largest absolute Gasteiger partial charge is 0.409 e. The molecule has 0 bridgehead atoms. The van der Waals surface area contributed by atoms with Crippen LogP contribution >= 0.6 is 0 Å². The summed E-state index contributed by atoms with van der Waals surface area (Å²) in [5.74, 6) is -0.751. The monoisotopic (exact) mass is 269 g/mol. The van der Waals surface area contributed by atoms with E-state index in [1.54, 1.807) is 12.1 Å². The van der Waals surface area contributed by atoms with Crippen molar-refractivity contribution in [3.05, 3.63) is 35.1 Å². The molecule has 0 aromatic heterocycles. The quantitative estimate of drug-likeness (QED) is 0.313. The zero-order valence-corrected chi connectivity index (χ0v) is 11.2. The third-order valence-corrected chi connectivity index (χ3v) is 2.95. The minimum absolute atomic E-state index is 0.0136. The number of nitrogens with zero attached hydrogens (tertiary/aromatic N) is 2. The maximum absolute atomic E-state index is 14.2. The first kappa shape index (κ1) is 15.4. The van der Waals surface area contributed by atoms with Crippen LogP contribution in [-0.4, -0.2) is 40.2 Å². The fourth-order valence-electron chi connectivity index (χ4n) is 1.82. The molecule has 1 rings (SSSR count). The molecule has 0 amide bonds. The van der Waals surface area contributed by atoms with Crippen LogP contribution in [0.15, 0.2) is 23.4 Å². The topological polar surface area (TPSA) is 82.1 Å². The second-order valence-electron chi connectivity index (χ2n) is 4.55. The second kappa shape index (κ2) is 7.06. The molecule has 1 aromatic carbocycles. The van der Waals surface area contributed by atoms with Crippen molar-refractivity contribution >= 4 is 5.84 Å². The van der Waals surface area contributed by atoms with Crippen molar-refractivity contribution < 1.29 is 14.7 Å². The van der Waals surface area contributed by atoms with Gasteiger partial charge in [-0.3, -0.25) is 4.90 Å². The van der Waals surface area contributed by atoms with E-state index in [2.05, 4.69) is 5.16 Å². The minimum atomic E-state index is -0.499. The van der Waals surface area contributed by atoms with Crippen LogP contribution < -0.4 is 5.73 Å². The Labute approximate surface area is 112 Å². The number of oxime groups is 1. The first-order valence-electron chi connectivity index (χ1n) is 6.11. The van der Waals surface area contributed by atoms with Gasteiger partial charge in [0.1, 0.15) is 5.82 Å². The molecular weight excluding hydrogens is 249 g/mol. The van der Waals surface area contributed by atoms with Crippen molar-refractivity contribution in [3.63, 3.8) is 0 Å². The van der Waals surface area contributed by atoms with Gasteiger partial charge in [0.2, 0.25) is 0 Å². The van der Waals surface area contributed by atoms with Gasteiger partial charge in [0.15, 0.2) is 5.84 Å². The molecule has 0 aliphatic heterocycles. The van der Waals surface area contributed by atoms with E-state index in [4.69, 9.17) is 16.0 Å². The van der Waals surface area contributed by atoms with E-state index < -0.39 is 5.82 Å². The molecule has 0 aliphatic rings. The maximum atomic E-state index is 14.2. The zero-order valence-electron chi connectivity index (χ0n) is 11.2. The summed E-state index contributed by atoms with van der Waals surface area (Å²) in [6.07, 6.45) is 0. The smallest absolute Gasteiger partial charge is 0.173 e. The number of benzene rings is 1. The summed E-state index contributed by atoms with van der Waals surface area (Å²) < 4.78 is 14.2. The fraction of sp³-hybridized carbons (Fsp3) is 0.462. The molecule has 106 valence electrons. The summed E-state index contributed by atoms with van der Waals surface area (Å²) in [7, 11) is 0. The average Bonchev–Trinajstić information content (AvgIpc) is 2.39. The van der Waals surface area contributed by atoms with Crippen molar-refractivity contribution in [2.24, 2.45) is 10.9 Å². The fourth-order valence-corrected chi connectivity index (χ4v) is 1.82. The second-order valence-corrected chi connectivity index (χ2v) is 4.55. The molecule has 0 unspecified atom stereocenters. The number of hydrogen-bond acceptors (Lipinski definition) is 4. The third kappa shape index (κ3) is 3.90. The van der Waals surface area contributed by atoms with E-state index in [9.17, 15) is 4.39 Å². The average molecular weight is 269 g/mol. The number of hydrogen-bond donors (Lipinski definition) is 3. The molecule has 0 aliphatic carbocycles. The lowest BCUT2D eigenvalue weighted by Gasteiger charge is -2.26. The van der Waals surface area contributed by atoms with Gasteiger partial charge >= 0.3 is 0 Å². The van der Waals surface area contributed by atoms with Crippen molar-refractivity contribution in [1.82, 2.24) is 4.90 Å². The van der Waals surface area contributed by atoms with Gasteiger partial charge in [0.05, 0.1) is 12.2 Å². The van der Waals surface area contributed by atoms with Crippen LogP contribution in [0.25, 0.3) is 0 Å². The highest BCUT2D eigenvalue weighted by molar-refractivity contribution is 5.97. The van der Waals surface area contributed by atoms with Crippen LogP contribution in [-0.2, 0) is 6.54 Å². The van der Waals surface area contributed by atoms with Gasteiger partial charge in [0, 0.05) is 24.7 Å². The van der Waals surface area contributed by atoms with E-state index in [0.717, 1.165) is 0 Å². The van der Waals surface area contributed by atoms with E-state index in [0.29, 0.717) is 18.7 Å². The van der Waals surface area contributed by atoms with Crippen molar-refractivity contribution in [3.8, 4) is 0 Å². The van der Waals surface area contributed by atoms with Gasteiger partial charge < -0.3 is 16.0 Å². The van der Waals surface area contributed by atoms with Crippen molar-refractivity contribution in [2.75, 3.05) is 13.2 Å². The molecule has 1 aromatic rings. The predicted molar refractivity (Wildman–Crippen MR) is 71.5 cm³/mol. The van der Waals surface area contributed by atoms with Gasteiger partial charge in [-0.25, -0.2) is 4.39 Å². The third-order valence-electron chi connectivity index (χ3n) is 2.95. The van der Waals surface area contributed by atoms with Gasteiger partial charge in [0.25, 0.3) is 0 Å². The lowest BCUT2D eigenvalue weighted by molar-refractivity contribution is 0.158. The number of halogens is 1. The van der Waals surface area contributed by atoms with Gasteiger partial charge in [-0.2, -0.15) is 0 Å². The molecule has 5 nitrogen and oxygen atoms in total. The zero-order chi connectivity index (χ0) is 14.4. The Morgan fingerprint density at radius 1 is 1.47 bits per heavy atom. The summed E-state index contributed by atoms with van der Waals surface area (Å²) in [6.45, 7) is 4.78. The van der Waals surface area contributed by atoms with E-state index in [1.807, 2.05) is 18.7 Å². The Kier molecular flexibility index (Phi) is 5.72. The summed E-state index contributed by atoms with van der Waals surface area (Å²) in [5, 5.41) is 20.4. The normalized spacial score (nSPS) is 12.4. The summed E-state index contributed by atoms with van der Waals surface area (Å²) in [5.41, 5.74) is 5.95. The Hall–Kier alpha value is -1.66. The van der Waals surface area contributed by atoms with E-state index in [-0.39, 0.29) is 24.0 Å². The molecule has 0 fully saturated rings. The van der Waals surface area contributed by atoms with E-state index in [1.165, 1.54) is 6.07 Å². The molecule has 0 radical (unpaired) electrons. The highest BCUT2D eigenvalue weighted by Crippen LogP contribution is 2.16. The van der Waals surface area contributed by atoms with E-state index >= 15 is 0 Å².